The van der Waals surface area contributed by atoms with Crippen molar-refractivity contribution >= 4 is 35.4 Å². The number of benzene rings is 2. The van der Waals surface area contributed by atoms with Crippen molar-refractivity contribution in [3.8, 4) is 0 Å². The first-order valence-electron chi connectivity index (χ1n) is 12.1. The summed E-state index contributed by atoms with van der Waals surface area (Å²) in [5, 5.41) is 8.09. The average Bonchev–Trinajstić information content (AvgIpc) is 3.07. The van der Waals surface area contributed by atoms with Crippen LogP contribution in [-0.2, 0) is 20.9 Å². The van der Waals surface area contributed by atoms with Crippen LogP contribution in [0.3, 0.4) is 0 Å². The van der Waals surface area contributed by atoms with Gasteiger partial charge in [0.2, 0.25) is 11.8 Å². The Kier molecular flexibility index (Phi) is 9.00. The first-order valence-corrected chi connectivity index (χ1v) is 12.1. The number of amides is 5. The molecule has 0 fully saturated rings. The highest BCUT2D eigenvalue weighted by Gasteiger charge is 2.34. The van der Waals surface area contributed by atoms with Crippen LogP contribution in [0.4, 0.5) is 10.5 Å². The number of rotatable bonds is 10. The van der Waals surface area contributed by atoms with Gasteiger partial charge < -0.3 is 20.7 Å². The number of carbonyl (C=O) groups is 5. The molecule has 0 unspecified atom stereocenters. The van der Waals surface area contributed by atoms with Crippen LogP contribution in [0.1, 0.15) is 66.3 Å². The maximum Gasteiger partial charge on any atom is 0.407 e. The number of nitrogens with zero attached hydrogens (tertiary/aromatic N) is 1. The van der Waals surface area contributed by atoms with Crippen molar-refractivity contribution in [1.82, 2.24) is 15.5 Å². The largest absolute Gasteiger partial charge is 0.444 e. The molecule has 37 heavy (non-hydrogen) atoms. The van der Waals surface area contributed by atoms with Gasteiger partial charge in [0.15, 0.2) is 0 Å². The number of carbonyl (C=O) groups excluding carboxylic acids is 5. The molecule has 196 valence electrons. The number of ether oxygens (including phenoxy) is 1. The molecule has 0 saturated carbocycles. The molecule has 0 bridgehead atoms. The number of hydrogen-bond donors (Lipinski definition) is 3. The summed E-state index contributed by atoms with van der Waals surface area (Å²) < 4.78 is 5.12. The van der Waals surface area contributed by atoms with Crippen LogP contribution in [0, 0.1) is 0 Å². The number of fused-ring (bicyclic) bond motifs is 1. The van der Waals surface area contributed by atoms with Crippen LogP contribution >= 0.6 is 0 Å². The molecule has 1 aliphatic heterocycles. The van der Waals surface area contributed by atoms with Gasteiger partial charge in [-0.2, -0.15) is 0 Å². The topological polar surface area (TPSA) is 134 Å². The van der Waals surface area contributed by atoms with E-state index in [9.17, 15) is 24.0 Å². The molecule has 2 aromatic carbocycles. The highest BCUT2D eigenvalue weighted by Crippen LogP contribution is 2.22. The van der Waals surface area contributed by atoms with Crippen LogP contribution in [0.5, 0.6) is 0 Å². The third kappa shape index (κ3) is 8.16. The molecule has 0 radical (unpaired) electrons. The smallest absolute Gasteiger partial charge is 0.407 e. The summed E-state index contributed by atoms with van der Waals surface area (Å²) in [6.07, 6.45) is 0.0668. The van der Waals surface area contributed by atoms with Crippen molar-refractivity contribution in [2.75, 3.05) is 18.4 Å². The summed E-state index contributed by atoms with van der Waals surface area (Å²) >= 11 is 0. The summed E-state index contributed by atoms with van der Waals surface area (Å²) in [7, 11) is 0. The summed E-state index contributed by atoms with van der Waals surface area (Å²) in [6.45, 7) is 5.92. The second kappa shape index (κ2) is 12.2. The molecule has 0 aliphatic carbocycles. The fourth-order valence-corrected chi connectivity index (χ4v) is 3.65. The number of nitrogens with one attached hydrogen (secondary N) is 3. The fraction of sp³-hybridized carbons (Fsp3) is 0.370. The van der Waals surface area contributed by atoms with Crippen LogP contribution in [0.25, 0.3) is 0 Å². The second-order valence-corrected chi connectivity index (χ2v) is 9.61. The predicted molar refractivity (Wildman–Crippen MR) is 137 cm³/mol. The van der Waals surface area contributed by atoms with Crippen LogP contribution in [0.15, 0.2) is 48.5 Å². The molecule has 10 nitrogen and oxygen atoms in total. The minimum Gasteiger partial charge on any atom is -0.444 e. The van der Waals surface area contributed by atoms with Gasteiger partial charge in [-0.15, -0.1) is 0 Å². The van der Waals surface area contributed by atoms with Crippen molar-refractivity contribution in [1.29, 1.82) is 0 Å². The lowest BCUT2D eigenvalue weighted by Crippen LogP contribution is -2.34. The van der Waals surface area contributed by atoms with Gasteiger partial charge in [-0.1, -0.05) is 24.3 Å². The molecular formula is C27H32N4O6. The lowest BCUT2D eigenvalue weighted by atomic mass is 10.1. The minimum atomic E-state index is -0.602. The zero-order chi connectivity index (χ0) is 27.0. The minimum absolute atomic E-state index is 0.0950. The highest BCUT2D eigenvalue weighted by atomic mass is 16.6. The first-order chi connectivity index (χ1) is 17.5. The fourth-order valence-electron chi connectivity index (χ4n) is 3.65. The summed E-state index contributed by atoms with van der Waals surface area (Å²) in [6, 6.07) is 13.7. The van der Waals surface area contributed by atoms with Crippen molar-refractivity contribution < 1.29 is 28.7 Å². The Morgan fingerprint density at radius 3 is 2.05 bits per heavy atom. The molecule has 1 aliphatic rings. The van der Waals surface area contributed by atoms with Crippen LogP contribution in [0.2, 0.25) is 0 Å². The quantitative estimate of drug-likeness (QED) is 0.422. The van der Waals surface area contributed by atoms with Crippen LogP contribution in [-0.4, -0.2) is 53.3 Å². The predicted octanol–water partition coefficient (Wildman–Crippen LogP) is 3.23. The molecule has 3 N–H and O–H groups in total. The Bertz CT molecular complexity index is 1140. The Morgan fingerprint density at radius 1 is 0.838 bits per heavy atom. The third-order valence-corrected chi connectivity index (χ3v) is 5.41. The summed E-state index contributed by atoms with van der Waals surface area (Å²) in [5.41, 5.74) is 1.63. The monoisotopic (exact) mass is 508 g/mol. The van der Waals surface area contributed by atoms with E-state index in [1.165, 1.54) is 4.90 Å². The molecular weight excluding hydrogens is 476 g/mol. The molecule has 3 rings (SSSR count). The lowest BCUT2D eigenvalue weighted by molar-refractivity contribution is -0.121. The molecule has 5 amide bonds. The molecule has 0 atom stereocenters. The van der Waals surface area contributed by atoms with Gasteiger partial charge in [0.25, 0.3) is 11.8 Å². The van der Waals surface area contributed by atoms with Crippen LogP contribution < -0.4 is 16.0 Å². The van der Waals surface area contributed by atoms with Gasteiger partial charge in [0, 0.05) is 38.2 Å². The average molecular weight is 509 g/mol. The van der Waals surface area contributed by atoms with Gasteiger partial charge in [-0.05, 0) is 57.0 Å². The molecule has 0 aromatic heterocycles. The van der Waals surface area contributed by atoms with E-state index in [1.807, 2.05) is 0 Å². The maximum absolute atomic E-state index is 12.4. The maximum atomic E-state index is 12.4. The number of hydrogen-bond acceptors (Lipinski definition) is 6. The third-order valence-electron chi connectivity index (χ3n) is 5.41. The van der Waals surface area contributed by atoms with Crippen molar-refractivity contribution in [3.63, 3.8) is 0 Å². The Morgan fingerprint density at radius 2 is 1.46 bits per heavy atom. The molecule has 2 aromatic rings. The zero-order valence-electron chi connectivity index (χ0n) is 21.3. The van der Waals surface area contributed by atoms with E-state index in [2.05, 4.69) is 16.0 Å². The number of alkyl carbamates (subject to hydrolysis) is 1. The highest BCUT2D eigenvalue weighted by molar-refractivity contribution is 6.21. The van der Waals surface area contributed by atoms with Crippen molar-refractivity contribution in [2.45, 2.75) is 52.2 Å². The normalized spacial score (nSPS) is 12.7. The van der Waals surface area contributed by atoms with E-state index in [-0.39, 0.29) is 49.6 Å². The van der Waals surface area contributed by atoms with E-state index in [1.54, 1.807) is 69.3 Å². The van der Waals surface area contributed by atoms with Gasteiger partial charge in [0.1, 0.15) is 5.60 Å². The molecule has 0 spiro atoms. The van der Waals surface area contributed by atoms with E-state index >= 15 is 0 Å². The Labute approximate surface area is 215 Å². The Hall–Kier alpha value is -4.21. The summed E-state index contributed by atoms with van der Waals surface area (Å²) in [4.78, 5) is 61.8. The Balaban J connectivity index is 1.33. The number of imide groups is 1. The SMILES string of the molecule is CC(C)(C)OC(=O)NCCC(=O)Nc1ccc(CNC(=O)CCCN2C(=O)c3ccccc3C2=O)cc1. The molecule has 10 heteroatoms. The second-order valence-electron chi connectivity index (χ2n) is 9.61. The van der Waals surface area contributed by atoms with E-state index in [4.69, 9.17) is 4.74 Å². The standard InChI is InChI=1S/C27H32N4O6/c1-27(2,3)37-26(36)28-15-14-23(33)30-19-12-10-18(11-13-19)17-29-22(32)9-6-16-31-24(34)20-7-4-5-8-21(20)25(31)35/h4-5,7-8,10-13H,6,9,14-17H2,1-3H3,(H,28,36)(H,29,32)(H,30,33). The van der Waals surface area contributed by atoms with Gasteiger partial charge in [0.05, 0.1) is 11.1 Å². The number of anilines is 1. The van der Waals surface area contributed by atoms with Gasteiger partial charge >= 0.3 is 6.09 Å². The summed E-state index contributed by atoms with van der Waals surface area (Å²) in [5.74, 6) is -1.10. The van der Waals surface area contributed by atoms with E-state index < -0.39 is 11.7 Å². The van der Waals surface area contributed by atoms with E-state index in [0.717, 1.165) is 5.56 Å². The van der Waals surface area contributed by atoms with E-state index in [0.29, 0.717) is 29.8 Å². The van der Waals surface area contributed by atoms with Gasteiger partial charge in [-0.3, -0.25) is 24.1 Å². The first kappa shape index (κ1) is 27.4. The van der Waals surface area contributed by atoms with Gasteiger partial charge in [-0.25, -0.2) is 4.79 Å². The van der Waals surface area contributed by atoms with Crippen molar-refractivity contribution in [2.24, 2.45) is 0 Å². The molecule has 1 heterocycles. The zero-order valence-corrected chi connectivity index (χ0v) is 21.3. The molecule has 0 saturated heterocycles. The lowest BCUT2D eigenvalue weighted by Gasteiger charge is -2.19. The van der Waals surface area contributed by atoms with Crippen molar-refractivity contribution in [3.05, 3.63) is 65.2 Å².